The summed E-state index contributed by atoms with van der Waals surface area (Å²) in [4.78, 5) is 38.2. The number of nitrogens with one attached hydrogen (secondary N) is 2. The van der Waals surface area contributed by atoms with E-state index in [1.165, 1.54) is 6.42 Å². The lowest BCUT2D eigenvalue weighted by Gasteiger charge is -2.44. The van der Waals surface area contributed by atoms with Gasteiger partial charge in [-0.15, -0.1) is 0 Å². The van der Waals surface area contributed by atoms with Crippen molar-refractivity contribution in [1.29, 1.82) is 0 Å². The second-order valence-electron chi connectivity index (χ2n) is 10.4. The highest BCUT2D eigenvalue weighted by Crippen LogP contribution is 2.43. The summed E-state index contributed by atoms with van der Waals surface area (Å²) in [5, 5.41) is 6.05. The molecule has 1 aromatic carbocycles. The predicted octanol–water partition coefficient (Wildman–Crippen LogP) is 3.26. The van der Waals surface area contributed by atoms with Gasteiger partial charge in [0.1, 0.15) is 17.9 Å². The zero-order valence-corrected chi connectivity index (χ0v) is 19.6. The zero-order chi connectivity index (χ0) is 23.7. The molecule has 2 aliphatic carbocycles. The summed E-state index contributed by atoms with van der Waals surface area (Å²) in [7, 11) is 0. The first-order chi connectivity index (χ1) is 16.5. The number of hydrogen-bond donors (Lipinski definition) is 2. The molecule has 7 nitrogen and oxygen atoms in total. The van der Waals surface area contributed by atoms with Gasteiger partial charge in [0, 0.05) is 31.1 Å². The largest absolute Gasteiger partial charge is 0.489 e. The van der Waals surface area contributed by atoms with Gasteiger partial charge in [-0.3, -0.25) is 24.1 Å². The fourth-order valence-corrected chi connectivity index (χ4v) is 6.01. The quantitative estimate of drug-likeness (QED) is 0.569. The number of piperidine rings is 1. The monoisotopic (exact) mass is 471 g/mol. The summed E-state index contributed by atoms with van der Waals surface area (Å²) < 4.78 is 19.5. The van der Waals surface area contributed by atoms with Gasteiger partial charge in [-0.05, 0) is 74.1 Å². The van der Waals surface area contributed by atoms with Gasteiger partial charge < -0.3 is 15.0 Å². The summed E-state index contributed by atoms with van der Waals surface area (Å²) in [6.45, 7) is 0.937. The van der Waals surface area contributed by atoms with E-state index in [0.29, 0.717) is 24.9 Å². The third-order valence-corrected chi connectivity index (χ3v) is 8.26. The van der Waals surface area contributed by atoms with E-state index in [0.717, 1.165) is 56.4 Å². The number of nitrogens with zero attached hydrogens (tertiary/aromatic N) is 1. The number of fused-ring (bicyclic) bond motifs is 1. The Morgan fingerprint density at radius 3 is 2.68 bits per heavy atom. The Hall–Kier alpha value is -2.48. The lowest BCUT2D eigenvalue weighted by atomic mass is 9.66. The maximum absolute atomic E-state index is 13.0. The van der Waals surface area contributed by atoms with Crippen molar-refractivity contribution in [3.8, 4) is 5.75 Å². The minimum Gasteiger partial charge on any atom is -0.489 e. The molecule has 3 atom stereocenters. The Labute approximate surface area is 199 Å². The Kier molecular flexibility index (Phi) is 6.60. The number of benzene rings is 1. The summed E-state index contributed by atoms with van der Waals surface area (Å²) in [5.41, 5.74) is 1.56. The Balaban J connectivity index is 1.23. The molecule has 2 heterocycles. The number of carbonyl (C=O) groups is 3. The molecule has 184 valence electrons. The first kappa shape index (κ1) is 23.3. The molecule has 5 rings (SSSR count). The van der Waals surface area contributed by atoms with Crippen molar-refractivity contribution in [2.75, 3.05) is 13.2 Å². The smallest absolute Gasteiger partial charge is 0.255 e. The molecule has 0 bridgehead atoms. The number of carbonyl (C=O) groups excluding carboxylic acids is 3. The second-order valence-corrected chi connectivity index (χ2v) is 10.4. The highest BCUT2D eigenvalue weighted by atomic mass is 19.1. The van der Waals surface area contributed by atoms with Crippen molar-refractivity contribution in [2.24, 2.45) is 5.41 Å². The third kappa shape index (κ3) is 4.57. The van der Waals surface area contributed by atoms with E-state index in [9.17, 15) is 18.8 Å². The highest BCUT2D eigenvalue weighted by Gasteiger charge is 2.40. The van der Waals surface area contributed by atoms with Gasteiger partial charge in [0.15, 0.2) is 0 Å². The van der Waals surface area contributed by atoms with E-state index in [1.807, 2.05) is 12.1 Å². The third-order valence-electron chi connectivity index (χ3n) is 8.26. The average molecular weight is 472 g/mol. The van der Waals surface area contributed by atoms with Crippen LogP contribution in [0.5, 0.6) is 5.75 Å². The van der Waals surface area contributed by atoms with Crippen LogP contribution in [0.25, 0.3) is 0 Å². The topological polar surface area (TPSA) is 87.7 Å². The first-order valence-electron chi connectivity index (χ1n) is 12.7. The van der Waals surface area contributed by atoms with Crippen LogP contribution in [0.3, 0.4) is 0 Å². The van der Waals surface area contributed by atoms with Crippen LogP contribution in [0.2, 0.25) is 0 Å². The summed E-state index contributed by atoms with van der Waals surface area (Å²) in [5.74, 6) is -0.129. The normalized spacial score (nSPS) is 28.3. The van der Waals surface area contributed by atoms with E-state index in [4.69, 9.17) is 4.74 Å². The molecule has 0 radical (unpaired) electrons. The summed E-state index contributed by atoms with van der Waals surface area (Å²) >= 11 is 0. The second kappa shape index (κ2) is 9.64. The Morgan fingerprint density at radius 2 is 1.94 bits per heavy atom. The maximum atomic E-state index is 13.0. The molecule has 4 aliphatic rings. The van der Waals surface area contributed by atoms with Crippen LogP contribution in [0.4, 0.5) is 4.39 Å². The van der Waals surface area contributed by atoms with Crippen LogP contribution in [-0.4, -0.2) is 54.0 Å². The summed E-state index contributed by atoms with van der Waals surface area (Å²) in [6.07, 6.45) is 8.96. The molecule has 2 aliphatic heterocycles. The fourth-order valence-electron chi connectivity index (χ4n) is 6.01. The lowest BCUT2D eigenvalue weighted by Crippen LogP contribution is -2.52. The number of ether oxygens (including phenoxy) is 1. The maximum Gasteiger partial charge on any atom is 0.255 e. The molecule has 1 aromatic rings. The molecule has 1 saturated heterocycles. The van der Waals surface area contributed by atoms with E-state index in [2.05, 4.69) is 10.6 Å². The number of alkyl halides is 1. The van der Waals surface area contributed by atoms with Crippen LogP contribution in [0, 0.1) is 5.41 Å². The van der Waals surface area contributed by atoms with E-state index < -0.39 is 11.9 Å². The van der Waals surface area contributed by atoms with Gasteiger partial charge in [-0.25, -0.2) is 0 Å². The van der Waals surface area contributed by atoms with E-state index >= 15 is 0 Å². The molecule has 3 fully saturated rings. The molecule has 2 N–H and O–H groups in total. The molecule has 1 unspecified atom stereocenters. The number of rotatable bonds is 8. The number of amides is 3. The molecular formula is C26H34FN3O4. The van der Waals surface area contributed by atoms with Gasteiger partial charge >= 0.3 is 0 Å². The van der Waals surface area contributed by atoms with Crippen molar-refractivity contribution < 1.29 is 23.5 Å². The van der Waals surface area contributed by atoms with Crippen LogP contribution < -0.4 is 15.4 Å². The van der Waals surface area contributed by atoms with Gasteiger partial charge in [0.25, 0.3) is 5.91 Å². The lowest BCUT2D eigenvalue weighted by molar-refractivity contribution is -0.136. The number of hydrogen-bond acceptors (Lipinski definition) is 5. The highest BCUT2D eigenvalue weighted by molar-refractivity contribution is 6.05. The van der Waals surface area contributed by atoms with E-state index in [-0.39, 0.29) is 42.5 Å². The van der Waals surface area contributed by atoms with Gasteiger partial charge in [-0.2, -0.15) is 0 Å². The molecular weight excluding hydrogens is 437 g/mol. The summed E-state index contributed by atoms with van der Waals surface area (Å²) in [6, 6.07) is 5.17. The van der Waals surface area contributed by atoms with Crippen molar-refractivity contribution in [3.05, 3.63) is 29.3 Å². The van der Waals surface area contributed by atoms with Crippen LogP contribution in [0.15, 0.2) is 18.2 Å². The van der Waals surface area contributed by atoms with Crippen LogP contribution >= 0.6 is 0 Å². The van der Waals surface area contributed by atoms with Gasteiger partial charge in [-0.1, -0.05) is 12.8 Å². The first-order valence-corrected chi connectivity index (χ1v) is 12.7. The molecule has 0 aromatic heterocycles. The van der Waals surface area contributed by atoms with Gasteiger partial charge in [0.05, 0.1) is 6.67 Å². The van der Waals surface area contributed by atoms with Crippen LogP contribution in [0.1, 0.15) is 80.1 Å². The number of imide groups is 1. The molecule has 8 heteroatoms. The molecule has 0 spiro atoms. The molecule has 3 amide bonds. The fraction of sp³-hybridized carbons (Fsp3) is 0.654. The van der Waals surface area contributed by atoms with Crippen molar-refractivity contribution in [2.45, 2.75) is 88.9 Å². The minimum absolute atomic E-state index is 0.0395. The van der Waals surface area contributed by atoms with Crippen molar-refractivity contribution >= 4 is 17.7 Å². The molecule has 2 saturated carbocycles. The molecule has 34 heavy (non-hydrogen) atoms. The number of halogens is 1. The minimum atomic E-state index is -0.614. The zero-order valence-electron chi connectivity index (χ0n) is 19.6. The predicted molar refractivity (Wildman–Crippen MR) is 124 cm³/mol. The van der Waals surface area contributed by atoms with Crippen molar-refractivity contribution in [1.82, 2.24) is 15.5 Å². The standard InChI is InChI=1S/C26H34FN3O4/c27-13-12-26(10-3-11-26)16-28-20-4-1-2-5-22(20)34-18-6-7-19-17(14-18)15-30(25(19)33)21-8-9-23(31)29-24(21)32/h6-7,14,20-22,28H,1-5,8-13,15-16H2,(H,29,31,32)/t20-,21?,22-/m1/s1. The Morgan fingerprint density at radius 1 is 1.12 bits per heavy atom. The Bertz CT molecular complexity index is 963. The SMILES string of the molecule is O=C1CCC(N2Cc3cc(O[C@@H]4CCCC[C@H]4NCC4(CCF)CCC4)ccc3C2=O)C(=O)N1. The average Bonchev–Trinajstić information content (AvgIpc) is 3.12. The van der Waals surface area contributed by atoms with E-state index in [1.54, 1.807) is 11.0 Å². The van der Waals surface area contributed by atoms with Gasteiger partial charge in [0.2, 0.25) is 11.8 Å². The van der Waals surface area contributed by atoms with Crippen LogP contribution in [-0.2, 0) is 16.1 Å². The van der Waals surface area contributed by atoms with Crippen molar-refractivity contribution in [3.63, 3.8) is 0 Å².